The molecule has 4 aromatic carbocycles. The quantitative estimate of drug-likeness (QED) is 0.180. The lowest BCUT2D eigenvalue weighted by Crippen LogP contribution is -2.47. The van der Waals surface area contributed by atoms with Gasteiger partial charge in [-0.2, -0.15) is 0 Å². The van der Waals surface area contributed by atoms with E-state index in [1.807, 2.05) is 11.3 Å². The molecule has 3 nitrogen and oxygen atoms in total. The van der Waals surface area contributed by atoms with E-state index in [0.717, 1.165) is 49.4 Å². The maximum absolute atomic E-state index is 6.87. The van der Waals surface area contributed by atoms with Crippen molar-refractivity contribution in [2.45, 2.75) is 50.2 Å². The highest BCUT2D eigenvalue weighted by atomic mass is 32.1. The summed E-state index contributed by atoms with van der Waals surface area (Å²) in [7, 11) is 0. The molecule has 0 saturated heterocycles. The first-order valence-electron chi connectivity index (χ1n) is 18.6. The lowest BCUT2D eigenvalue weighted by atomic mass is 9.85. The van der Waals surface area contributed by atoms with Gasteiger partial charge >= 0.3 is 0 Å². The molecular weight excluding hydrogens is 655 g/mol. The van der Waals surface area contributed by atoms with E-state index in [0.29, 0.717) is 0 Å². The minimum Gasteiger partial charge on any atom is -0.483 e. The maximum Gasteiger partial charge on any atom is 0.149 e. The maximum atomic E-state index is 6.87. The molecule has 252 valence electrons. The second-order valence-electron chi connectivity index (χ2n) is 14.4. The first-order chi connectivity index (χ1) is 25.8. The summed E-state index contributed by atoms with van der Waals surface area (Å²) in [5, 5.41) is 2.71. The van der Waals surface area contributed by atoms with Gasteiger partial charge in [0.2, 0.25) is 0 Å². The van der Waals surface area contributed by atoms with Crippen LogP contribution in [0.25, 0.3) is 50.7 Å². The number of furan rings is 1. The average molecular weight is 692 g/mol. The van der Waals surface area contributed by atoms with Crippen molar-refractivity contribution in [2.24, 2.45) is 0 Å². The molecule has 0 radical (unpaired) electrons. The molecule has 3 atom stereocenters. The van der Waals surface area contributed by atoms with E-state index in [9.17, 15) is 0 Å². The Hall–Kier alpha value is -5.58. The predicted molar refractivity (Wildman–Crippen MR) is 216 cm³/mol. The third kappa shape index (κ3) is 4.63. The molecule has 2 aromatic heterocycles. The highest BCUT2D eigenvalue weighted by Gasteiger charge is 2.40. The van der Waals surface area contributed by atoms with Crippen LogP contribution in [-0.4, -0.2) is 12.1 Å². The van der Waals surface area contributed by atoms with Crippen molar-refractivity contribution in [3.8, 4) is 16.9 Å². The van der Waals surface area contributed by atoms with Gasteiger partial charge in [0.05, 0.1) is 10.6 Å². The summed E-state index contributed by atoms with van der Waals surface area (Å²) >= 11 is 1.95. The van der Waals surface area contributed by atoms with Crippen molar-refractivity contribution in [3.63, 3.8) is 0 Å². The summed E-state index contributed by atoms with van der Waals surface area (Å²) in [4.78, 5) is 2.63. The zero-order valence-corrected chi connectivity index (χ0v) is 29.6. The molecule has 3 heterocycles. The molecule has 11 rings (SSSR count). The molecule has 0 N–H and O–H groups in total. The minimum absolute atomic E-state index is 0.0229. The van der Waals surface area contributed by atoms with E-state index in [2.05, 4.69) is 151 Å². The molecule has 4 heteroatoms. The fourth-order valence-corrected chi connectivity index (χ4v) is 10.6. The van der Waals surface area contributed by atoms with Crippen LogP contribution in [0.5, 0.6) is 5.75 Å². The van der Waals surface area contributed by atoms with Crippen molar-refractivity contribution in [2.75, 3.05) is 4.90 Å². The van der Waals surface area contributed by atoms with E-state index in [-0.39, 0.29) is 18.1 Å². The first kappa shape index (κ1) is 30.1. The monoisotopic (exact) mass is 691 g/mol. The van der Waals surface area contributed by atoms with Crippen molar-refractivity contribution in [3.05, 3.63) is 171 Å². The van der Waals surface area contributed by atoms with Crippen molar-refractivity contribution in [1.82, 2.24) is 0 Å². The van der Waals surface area contributed by atoms with E-state index >= 15 is 0 Å². The highest BCUT2D eigenvalue weighted by Crippen LogP contribution is 2.46. The number of anilines is 1. The van der Waals surface area contributed by atoms with Crippen LogP contribution >= 0.6 is 11.3 Å². The van der Waals surface area contributed by atoms with Gasteiger partial charge in [-0.05, 0) is 78.3 Å². The van der Waals surface area contributed by atoms with Crippen LogP contribution in [0, 0.1) is 0 Å². The fraction of sp³-hybridized carbons (Fsp3) is 0.167. The highest BCUT2D eigenvalue weighted by molar-refractivity contribution is 7.17. The van der Waals surface area contributed by atoms with E-state index in [1.54, 1.807) is 0 Å². The zero-order chi connectivity index (χ0) is 34.2. The van der Waals surface area contributed by atoms with Crippen LogP contribution in [0.3, 0.4) is 0 Å². The lowest BCUT2D eigenvalue weighted by molar-refractivity contribution is 0.258. The summed E-state index contributed by atoms with van der Waals surface area (Å²) in [5.41, 5.74) is 11.5. The van der Waals surface area contributed by atoms with Gasteiger partial charge in [-0.25, -0.2) is 0 Å². The largest absolute Gasteiger partial charge is 0.483 e. The molecule has 0 bridgehead atoms. The molecule has 52 heavy (non-hydrogen) atoms. The fourth-order valence-electron chi connectivity index (χ4n) is 9.18. The topological polar surface area (TPSA) is 25.6 Å². The lowest BCUT2D eigenvalue weighted by Gasteiger charge is -2.39. The Bertz CT molecular complexity index is 2670. The van der Waals surface area contributed by atoms with Crippen LogP contribution < -0.4 is 19.4 Å². The molecule has 5 aliphatic rings. The first-order valence-corrected chi connectivity index (χ1v) is 19.4. The second kappa shape index (κ2) is 12.0. The molecule has 0 amide bonds. The molecule has 3 unspecified atom stereocenters. The molecule has 0 spiro atoms. The molecule has 1 aliphatic heterocycles. The number of thiophene rings is 1. The summed E-state index contributed by atoms with van der Waals surface area (Å²) in [6.45, 7) is 0. The van der Waals surface area contributed by atoms with E-state index < -0.39 is 0 Å². The third-order valence-electron chi connectivity index (χ3n) is 11.5. The van der Waals surface area contributed by atoms with Gasteiger partial charge in [0.1, 0.15) is 23.4 Å². The summed E-state index contributed by atoms with van der Waals surface area (Å²) < 4.78 is 16.2. The second-order valence-corrected chi connectivity index (χ2v) is 15.5. The minimum atomic E-state index is -0.116. The number of benzene rings is 4. The van der Waals surface area contributed by atoms with Gasteiger partial charge in [0.25, 0.3) is 0 Å². The van der Waals surface area contributed by atoms with Crippen molar-refractivity contribution in [1.29, 1.82) is 0 Å². The van der Waals surface area contributed by atoms with Crippen LogP contribution in [0.4, 0.5) is 5.69 Å². The number of rotatable bonds is 5. The van der Waals surface area contributed by atoms with Crippen LogP contribution in [-0.2, 0) is 6.42 Å². The number of allylic oxidation sites excluding steroid dienone is 4. The van der Waals surface area contributed by atoms with Crippen molar-refractivity contribution < 1.29 is 9.15 Å². The molecule has 4 aliphatic carbocycles. The van der Waals surface area contributed by atoms with Gasteiger partial charge in [0.15, 0.2) is 0 Å². The standard InChI is InChI=1S/C48H37NO2S/c1-2-13-30(14-3-1)34-20-10-23-39-40-24-12-26-42(48(40)52-47(34)39)49(41-25-11-22-38-36-18-5-7-28-44(36)51-46(38)41)32-16-8-15-31(29-32)33-19-9-21-37-35-17-4-6-27-43(35)50-45(33)37/h1-3,5-11,13-16,18,20-25,27-29,33,41,46H,4,12,17,19,26H2. The predicted octanol–water partition coefficient (Wildman–Crippen LogP) is 10.6. The summed E-state index contributed by atoms with van der Waals surface area (Å²) in [5.74, 6) is 3.29. The number of hydrogen-bond donors (Lipinski definition) is 0. The number of fused-ring (bicyclic) bond motifs is 9. The molecular formula is C48H37NO2S. The zero-order valence-electron chi connectivity index (χ0n) is 28.8. The Labute approximate surface area is 307 Å². The number of nitrogens with zero attached hydrogens (tertiary/aromatic N) is 1. The molecule has 6 aromatic rings. The number of hydrogen-bond acceptors (Lipinski definition) is 4. The average Bonchev–Trinajstić information content (AvgIpc) is 3.91. The van der Waals surface area contributed by atoms with Crippen LogP contribution in [0.2, 0.25) is 0 Å². The normalized spacial score (nSPS) is 20.7. The summed E-state index contributed by atoms with van der Waals surface area (Å²) in [6, 6.07) is 35.4. The van der Waals surface area contributed by atoms with Gasteiger partial charge in [0, 0.05) is 49.7 Å². The number of ether oxygens (including phenoxy) is 1. The molecule has 0 saturated carbocycles. The molecule has 0 fully saturated rings. The summed E-state index contributed by atoms with van der Waals surface area (Å²) in [6.07, 6.45) is 23.2. The van der Waals surface area contributed by atoms with Gasteiger partial charge in [-0.1, -0.05) is 121 Å². The smallest absolute Gasteiger partial charge is 0.149 e. The van der Waals surface area contributed by atoms with Crippen LogP contribution in [0.15, 0.2) is 132 Å². The van der Waals surface area contributed by atoms with E-state index in [4.69, 9.17) is 9.15 Å². The third-order valence-corrected chi connectivity index (χ3v) is 12.8. The van der Waals surface area contributed by atoms with Crippen LogP contribution in [0.1, 0.15) is 65.4 Å². The Morgan fingerprint density at radius 2 is 1.67 bits per heavy atom. The SMILES string of the molecule is C1=CC(N(C2=c3sc4c(-c5ccccc5)cccc4c3=CCC2)c2cccc(C3CC=Cc4c3oc3c4CCC=C3)c2)C2Oc3ccccc3C2=C1. The van der Waals surface area contributed by atoms with Gasteiger partial charge < -0.3 is 14.1 Å². The Morgan fingerprint density at radius 3 is 2.63 bits per heavy atom. The number of para-hydroxylation sites is 1. The Kier molecular flexibility index (Phi) is 6.94. The van der Waals surface area contributed by atoms with Gasteiger partial charge in [-0.15, -0.1) is 11.3 Å². The van der Waals surface area contributed by atoms with E-state index in [1.165, 1.54) is 70.2 Å². The van der Waals surface area contributed by atoms with Crippen molar-refractivity contribution >= 4 is 56.6 Å². The Morgan fingerprint density at radius 1 is 0.788 bits per heavy atom. The Balaban J connectivity index is 1.11. The van der Waals surface area contributed by atoms with Gasteiger partial charge in [-0.3, -0.25) is 0 Å².